The van der Waals surface area contributed by atoms with E-state index in [4.69, 9.17) is 11.6 Å². The summed E-state index contributed by atoms with van der Waals surface area (Å²) in [5.41, 5.74) is 2.12. The maximum absolute atomic E-state index is 11.2. The number of nitrogens with zero attached hydrogens (tertiary/aromatic N) is 4. The first kappa shape index (κ1) is 11.7. The van der Waals surface area contributed by atoms with Crippen LogP contribution in [0.1, 0.15) is 28.7 Å². The maximum atomic E-state index is 11.2. The SMILES string of the molecule is CC(=O)c1nnn(Cc2ccc(Cl)nc2)c1C. The van der Waals surface area contributed by atoms with Crippen molar-refractivity contribution in [2.75, 3.05) is 0 Å². The average Bonchev–Trinajstić information content (AvgIpc) is 2.64. The highest BCUT2D eigenvalue weighted by atomic mass is 35.5. The van der Waals surface area contributed by atoms with E-state index < -0.39 is 0 Å². The van der Waals surface area contributed by atoms with Gasteiger partial charge < -0.3 is 0 Å². The molecule has 88 valence electrons. The molecule has 0 atom stereocenters. The Morgan fingerprint density at radius 2 is 2.24 bits per heavy atom. The van der Waals surface area contributed by atoms with Crippen LogP contribution >= 0.6 is 11.6 Å². The molecule has 2 aromatic heterocycles. The fraction of sp³-hybridized carbons (Fsp3) is 0.273. The van der Waals surface area contributed by atoms with Gasteiger partial charge in [0.1, 0.15) is 5.15 Å². The Morgan fingerprint density at radius 1 is 1.47 bits per heavy atom. The van der Waals surface area contributed by atoms with Crippen LogP contribution in [0.3, 0.4) is 0 Å². The first-order valence-corrected chi connectivity index (χ1v) is 5.47. The second-order valence-electron chi connectivity index (χ2n) is 3.73. The molecule has 17 heavy (non-hydrogen) atoms. The van der Waals surface area contributed by atoms with Gasteiger partial charge in [0.25, 0.3) is 0 Å². The number of pyridine rings is 1. The minimum absolute atomic E-state index is 0.0806. The van der Waals surface area contributed by atoms with Crippen LogP contribution in [0.2, 0.25) is 5.15 Å². The first-order chi connectivity index (χ1) is 8.08. The van der Waals surface area contributed by atoms with Crippen molar-refractivity contribution in [3.8, 4) is 0 Å². The molecule has 2 heterocycles. The van der Waals surface area contributed by atoms with E-state index in [0.29, 0.717) is 17.4 Å². The quantitative estimate of drug-likeness (QED) is 0.617. The Balaban J connectivity index is 2.24. The molecule has 0 aliphatic rings. The van der Waals surface area contributed by atoms with Gasteiger partial charge in [-0.2, -0.15) is 0 Å². The number of ketones is 1. The number of halogens is 1. The molecule has 0 spiro atoms. The highest BCUT2D eigenvalue weighted by molar-refractivity contribution is 6.29. The predicted octanol–water partition coefficient (Wildman–Crippen LogP) is 1.89. The zero-order chi connectivity index (χ0) is 12.4. The molecule has 0 saturated heterocycles. The van der Waals surface area contributed by atoms with E-state index in [9.17, 15) is 4.79 Å². The van der Waals surface area contributed by atoms with Crippen molar-refractivity contribution in [3.05, 3.63) is 40.4 Å². The Labute approximate surface area is 103 Å². The van der Waals surface area contributed by atoms with Gasteiger partial charge in [0, 0.05) is 13.1 Å². The Hall–Kier alpha value is -1.75. The maximum Gasteiger partial charge on any atom is 0.181 e. The number of carbonyl (C=O) groups is 1. The molecular weight excluding hydrogens is 240 g/mol. The van der Waals surface area contributed by atoms with Crippen LogP contribution in [0.4, 0.5) is 0 Å². The molecule has 0 bridgehead atoms. The first-order valence-electron chi connectivity index (χ1n) is 5.09. The van der Waals surface area contributed by atoms with Crippen molar-refractivity contribution in [1.29, 1.82) is 0 Å². The van der Waals surface area contributed by atoms with Crippen molar-refractivity contribution in [2.45, 2.75) is 20.4 Å². The lowest BCUT2D eigenvalue weighted by molar-refractivity contribution is 0.101. The van der Waals surface area contributed by atoms with E-state index in [0.717, 1.165) is 11.3 Å². The Kier molecular flexibility index (Phi) is 3.19. The topological polar surface area (TPSA) is 60.7 Å². The molecule has 0 radical (unpaired) electrons. The summed E-state index contributed by atoms with van der Waals surface area (Å²) < 4.78 is 1.67. The number of aromatic nitrogens is 4. The van der Waals surface area contributed by atoms with Crippen molar-refractivity contribution < 1.29 is 4.79 Å². The summed E-state index contributed by atoms with van der Waals surface area (Å²) in [6, 6.07) is 3.58. The number of carbonyl (C=O) groups excluding carboxylic acids is 1. The highest BCUT2D eigenvalue weighted by Gasteiger charge is 2.12. The fourth-order valence-corrected chi connectivity index (χ4v) is 1.62. The molecular formula is C11H11ClN4O. The molecule has 0 N–H and O–H groups in total. The number of hydrogen-bond acceptors (Lipinski definition) is 4. The molecule has 0 aliphatic heterocycles. The van der Waals surface area contributed by atoms with Gasteiger partial charge in [-0.05, 0) is 18.6 Å². The monoisotopic (exact) mass is 250 g/mol. The van der Waals surface area contributed by atoms with Gasteiger partial charge in [-0.1, -0.05) is 22.9 Å². The summed E-state index contributed by atoms with van der Waals surface area (Å²) in [6.07, 6.45) is 1.68. The average molecular weight is 251 g/mol. The number of hydrogen-bond donors (Lipinski definition) is 0. The lowest BCUT2D eigenvalue weighted by Crippen LogP contribution is -2.05. The van der Waals surface area contributed by atoms with Gasteiger partial charge in [0.15, 0.2) is 11.5 Å². The lowest BCUT2D eigenvalue weighted by Gasteiger charge is -2.03. The van der Waals surface area contributed by atoms with Crippen molar-refractivity contribution >= 4 is 17.4 Å². The molecule has 0 amide bonds. The predicted molar refractivity (Wildman–Crippen MR) is 63.1 cm³/mol. The summed E-state index contributed by atoms with van der Waals surface area (Å²) in [5, 5.41) is 8.24. The van der Waals surface area contributed by atoms with Gasteiger partial charge in [-0.3, -0.25) is 4.79 Å². The summed E-state index contributed by atoms with van der Waals surface area (Å²) in [6.45, 7) is 3.82. The van der Waals surface area contributed by atoms with Crippen LogP contribution in [0.5, 0.6) is 0 Å². The number of rotatable bonds is 3. The van der Waals surface area contributed by atoms with E-state index in [1.165, 1.54) is 6.92 Å². The second-order valence-corrected chi connectivity index (χ2v) is 4.11. The molecule has 0 aliphatic carbocycles. The van der Waals surface area contributed by atoms with Gasteiger partial charge in [0.2, 0.25) is 0 Å². The second kappa shape index (κ2) is 4.63. The van der Waals surface area contributed by atoms with E-state index in [2.05, 4.69) is 15.3 Å². The van der Waals surface area contributed by atoms with Gasteiger partial charge in [-0.15, -0.1) is 5.10 Å². The largest absolute Gasteiger partial charge is 0.293 e. The zero-order valence-electron chi connectivity index (χ0n) is 9.51. The fourth-order valence-electron chi connectivity index (χ4n) is 1.51. The third kappa shape index (κ3) is 2.50. The van der Waals surface area contributed by atoms with Crippen molar-refractivity contribution in [3.63, 3.8) is 0 Å². The van der Waals surface area contributed by atoms with E-state index in [-0.39, 0.29) is 5.78 Å². The summed E-state index contributed by atoms with van der Waals surface area (Å²) in [7, 11) is 0. The van der Waals surface area contributed by atoms with Crippen LogP contribution in [-0.4, -0.2) is 25.8 Å². The molecule has 6 heteroatoms. The molecule has 0 aromatic carbocycles. The van der Waals surface area contributed by atoms with Gasteiger partial charge >= 0.3 is 0 Å². The molecule has 0 fully saturated rings. The number of Topliss-reactive ketones (excluding diaryl/α,β-unsaturated/α-hetero) is 1. The minimum Gasteiger partial charge on any atom is -0.293 e. The van der Waals surface area contributed by atoms with Crippen molar-refractivity contribution in [1.82, 2.24) is 20.0 Å². The lowest BCUT2D eigenvalue weighted by atomic mass is 10.2. The summed E-state index contributed by atoms with van der Waals surface area (Å²) in [5.74, 6) is -0.0806. The third-order valence-corrected chi connectivity index (χ3v) is 2.66. The molecule has 0 unspecified atom stereocenters. The normalized spacial score (nSPS) is 10.5. The third-order valence-electron chi connectivity index (χ3n) is 2.44. The van der Waals surface area contributed by atoms with Crippen molar-refractivity contribution in [2.24, 2.45) is 0 Å². The van der Waals surface area contributed by atoms with Crippen LogP contribution in [0.25, 0.3) is 0 Å². The van der Waals surface area contributed by atoms with Crippen LogP contribution in [0.15, 0.2) is 18.3 Å². The van der Waals surface area contributed by atoms with E-state index in [1.54, 1.807) is 16.9 Å². The van der Waals surface area contributed by atoms with E-state index >= 15 is 0 Å². The molecule has 0 saturated carbocycles. The van der Waals surface area contributed by atoms with Gasteiger partial charge in [0.05, 0.1) is 12.2 Å². The molecule has 2 rings (SSSR count). The molecule has 5 nitrogen and oxygen atoms in total. The smallest absolute Gasteiger partial charge is 0.181 e. The Bertz CT molecular complexity index is 547. The van der Waals surface area contributed by atoms with Gasteiger partial charge in [-0.25, -0.2) is 9.67 Å². The standard InChI is InChI=1S/C11H11ClN4O/c1-7-11(8(2)17)14-15-16(7)6-9-3-4-10(12)13-5-9/h3-5H,6H2,1-2H3. The van der Waals surface area contributed by atoms with Crippen LogP contribution in [0, 0.1) is 6.92 Å². The Morgan fingerprint density at radius 3 is 2.76 bits per heavy atom. The summed E-state index contributed by atoms with van der Waals surface area (Å²) in [4.78, 5) is 15.2. The van der Waals surface area contributed by atoms with Crippen LogP contribution < -0.4 is 0 Å². The van der Waals surface area contributed by atoms with E-state index in [1.807, 2.05) is 13.0 Å². The molecule has 2 aromatic rings. The highest BCUT2D eigenvalue weighted by Crippen LogP contribution is 2.09. The van der Waals surface area contributed by atoms with Crippen LogP contribution in [-0.2, 0) is 6.54 Å². The minimum atomic E-state index is -0.0806. The summed E-state index contributed by atoms with van der Waals surface area (Å²) >= 11 is 5.70. The zero-order valence-corrected chi connectivity index (χ0v) is 10.3.